The molecule has 0 heterocycles. The highest BCUT2D eigenvalue weighted by atomic mass is 35.5. The number of rotatable bonds is 8. The molecule has 0 spiro atoms. The number of benzene rings is 3. The molecule has 0 saturated carbocycles. The van der Waals surface area contributed by atoms with Crippen molar-refractivity contribution in [3.8, 4) is 11.5 Å². The molecule has 0 aliphatic heterocycles. The second-order valence-corrected chi connectivity index (χ2v) is 7.22. The number of hydrazone groups is 1. The number of carbonyl (C=O) groups is 1. The molecule has 0 radical (unpaired) electrons. The van der Waals surface area contributed by atoms with E-state index in [0.717, 1.165) is 5.56 Å². The molecular formula is C23H19Cl2FN2O3. The summed E-state index contributed by atoms with van der Waals surface area (Å²) in [5, 5.41) is 4.64. The smallest absolute Gasteiger partial charge is 0.272 e. The van der Waals surface area contributed by atoms with Crippen LogP contribution in [0.3, 0.4) is 0 Å². The van der Waals surface area contributed by atoms with E-state index in [9.17, 15) is 9.18 Å². The third-order valence-electron chi connectivity index (χ3n) is 4.13. The Morgan fingerprint density at radius 3 is 2.52 bits per heavy atom. The SMILES string of the molecule is CCOc1cc(/C=N\NC(=O)c2ccc(Cl)cc2Cl)ccc1OCc1ccc(F)cc1. The van der Waals surface area contributed by atoms with E-state index in [4.69, 9.17) is 32.7 Å². The molecule has 1 N–H and O–H groups in total. The van der Waals surface area contributed by atoms with Crippen molar-refractivity contribution < 1.29 is 18.7 Å². The Morgan fingerprint density at radius 2 is 1.81 bits per heavy atom. The highest BCUT2D eigenvalue weighted by Crippen LogP contribution is 2.29. The van der Waals surface area contributed by atoms with Gasteiger partial charge in [-0.15, -0.1) is 0 Å². The highest BCUT2D eigenvalue weighted by molar-refractivity contribution is 6.36. The Labute approximate surface area is 189 Å². The Balaban J connectivity index is 1.66. The van der Waals surface area contributed by atoms with Crippen molar-refractivity contribution in [3.63, 3.8) is 0 Å². The predicted molar refractivity (Wildman–Crippen MR) is 120 cm³/mol. The molecule has 0 aliphatic rings. The fraction of sp³-hybridized carbons (Fsp3) is 0.130. The first-order valence-corrected chi connectivity index (χ1v) is 10.1. The topological polar surface area (TPSA) is 59.9 Å². The van der Waals surface area contributed by atoms with Gasteiger partial charge in [-0.3, -0.25) is 4.79 Å². The summed E-state index contributed by atoms with van der Waals surface area (Å²) in [4.78, 5) is 12.2. The number of nitrogens with one attached hydrogen (secondary N) is 1. The lowest BCUT2D eigenvalue weighted by Gasteiger charge is -2.12. The zero-order valence-electron chi connectivity index (χ0n) is 16.6. The standard InChI is InChI=1S/C23H19Cl2FN2O3/c1-2-30-22-11-16(5-10-21(22)31-14-15-3-7-18(26)8-4-15)13-27-28-23(29)19-9-6-17(24)12-20(19)25/h3-13H,2,14H2,1H3,(H,28,29)/b27-13-. The second kappa shape index (κ2) is 10.8. The maximum atomic E-state index is 13.0. The van der Waals surface area contributed by atoms with Gasteiger partial charge in [0.1, 0.15) is 12.4 Å². The van der Waals surface area contributed by atoms with Crippen molar-refractivity contribution in [1.29, 1.82) is 0 Å². The summed E-state index contributed by atoms with van der Waals surface area (Å²) in [6, 6.07) is 15.9. The molecule has 0 aromatic heterocycles. The lowest BCUT2D eigenvalue weighted by Crippen LogP contribution is -2.18. The number of hydrogen-bond acceptors (Lipinski definition) is 4. The lowest BCUT2D eigenvalue weighted by atomic mass is 10.2. The van der Waals surface area contributed by atoms with E-state index in [0.29, 0.717) is 28.7 Å². The Morgan fingerprint density at radius 1 is 1.03 bits per heavy atom. The summed E-state index contributed by atoms with van der Waals surface area (Å²) in [7, 11) is 0. The molecule has 3 rings (SSSR count). The van der Waals surface area contributed by atoms with E-state index in [2.05, 4.69) is 10.5 Å². The molecule has 3 aromatic rings. The summed E-state index contributed by atoms with van der Waals surface area (Å²) in [5.41, 5.74) is 4.22. The van der Waals surface area contributed by atoms with E-state index in [-0.39, 0.29) is 23.0 Å². The molecule has 0 atom stereocenters. The number of ether oxygens (including phenoxy) is 2. The van der Waals surface area contributed by atoms with Crippen LogP contribution in [0.2, 0.25) is 10.0 Å². The summed E-state index contributed by atoms with van der Waals surface area (Å²) in [6.45, 7) is 2.58. The van der Waals surface area contributed by atoms with E-state index >= 15 is 0 Å². The molecule has 0 unspecified atom stereocenters. The van der Waals surface area contributed by atoms with Crippen LogP contribution in [-0.2, 0) is 6.61 Å². The van der Waals surface area contributed by atoms with E-state index in [1.54, 1.807) is 36.4 Å². The van der Waals surface area contributed by atoms with Gasteiger partial charge in [0.05, 0.1) is 23.4 Å². The first kappa shape index (κ1) is 22.6. The van der Waals surface area contributed by atoms with Crippen LogP contribution in [0.5, 0.6) is 11.5 Å². The Hall–Kier alpha value is -3.09. The van der Waals surface area contributed by atoms with Crippen LogP contribution >= 0.6 is 23.2 Å². The lowest BCUT2D eigenvalue weighted by molar-refractivity contribution is 0.0955. The maximum Gasteiger partial charge on any atom is 0.272 e. The van der Waals surface area contributed by atoms with Crippen LogP contribution in [-0.4, -0.2) is 18.7 Å². The average molecular weight is 461 g/mol. The van der Waals surface area contributed by atoms with Gasteiger partial charge in [0.15, 0.2) is 11.5 Å². The van der Waals surface area contributed by atoms with Crippen LogP contribution in [0.15, 0.2) is 65.8 Å². The minimum absolute atomic E-state index is 0.237. The molecule has 8 heteroatoms. The molecule has 0 bridgehead atoms. The zero-order chi connectivity index (χ0) is 22.2. The summed E-state index contributed by atoms with van der Waals surface area (Å²) >= 11 is 11.9. The second-order valence-electron chi connectivity index (χ2n) is 6.38. The average Bonchev–Trinajstić information content (AvgIpc) is 2.74. The quantitative estimate of drug-likeness (QED) is 0.337. The van der Waals surface area contributed by atoms with E-state index in [1.165, 1.54) is 30.5 Å². The normalized spacial score (nSPS) is 10.8. The highest BCUT2D eigenvalue weighted by Gasteiger charge is 2.10. The molecular weight excluding hydrogens is 442 g/mol. The van der Waals surface area contributed by atoms with Crippen molar-refractivity contribution in [2.75, 3.05) is 6.61 Å². The zero-order valence-corrected chi connectivity index (χ0v) is 18.1. The molecule has 1 amide bonds. The van der Waals surface area contributed by atoms with Gasteiger partial charge in [-0.05, 0) is 66.6 Å². The summed E-state index contributed by atoms with van der Waals surface area (Å²) in [5.74, 6) is 0.316. The van der Waals surface area contributed by atoms with Crippen LogP contribution < -0.4 is 14.9 Å². The Kier molecular flexibility index (Phi) is 7.87. The number of nitrogens with zero attached hydrogens (tertiary/aromatic N) is 1. The molecule has 0 aliphatic carbocycles. The van der Waals surface area contributed by atoms with Gasteiger partial charge < -0.3 is 9.47 Å². The molecule has 0 saturated heterocycles. The molecule has 160 valence electrons. The maximum absolute atomic E-state index is 13.0. The van der Waals surface area contributed by atoms with Crippen molar-refractivity contribution in [2.45, 2.75) is 13.5 Å². The first-order chi connectivity index (χ1) is 15.0. The van der Waals surface area contributed by atoms with Crippen molar-refractivity contribution in [1.82, 2.24) is 5.43 Å². The molecule has 3 aromatic carbocycles. The van der Waals surface area contributed by atoms with Crippen LogP contribution in [0, 0.1) is 5.82 Å². The van der Waals surface area contributed by atoms with Gasteiger partial charge in [0.2, 0.25) is 0 Å². The summed E-state index contributed by atoms with van der Waals surface area (Å²) in [6.07, 6.45) is 1.48. The van der Waals surface area contributed by atoms with Gasteiger partial charge >= 0.3 is 0 Å². The minimum atomic E-state index is -0.456. The number of carbonyl (C=O) groups excluding carboxylic acids is 1. The Bertz CT molecular complexity index is 1090. The van der Waals surface area contributed by atoms with Gasteiger partial charge in [-0.2, -0.15) is 5.10 Å². The monoisotopic (exact) mass is 460 g/mol. The number of amides is 1. The van der Waals surface area contributed by atoms with Crippen LogP contribution in [0.25, 0.3) is 0 Å². The van der Waals surface area contributed by atoms with Crippen LogP contribution in [0.4, 0.5) is 4.39 Å². The number of halogens is 3. The number of hydrogen-bond donors (Lipinski definition) is 1. The summed E-state index contributed by atoms with van der Waals surface area (Å²) < 4.78 is 24.5. The van der Waals surface area contributed by atoms with Gasteiger partial charge in [-0.25, -0.2) is 9.82 Å². The fourth-order valence-electron chi connectivity index (χ4n) is 2.63. The largest absolute Gasteiger partial charge is 0.490 e. The third-order valence-corrected chi connectivity index (χ3v) is 4.68. The van der Waals surface area contributed by atoms with Gasteiger partial charge in [0.25, 0.3) is 5.91 Å². The van der Waals surface area contributed by atoms with Gasteiger partial charge in [0, 0.05) is 5.02 Å². The molecule has 31 heavy (non-hydrogen) atoms. The van der Waals surface area contributed by atoms with Gasteiger partial charge in [-0.1, -0.05) is 35.3 Å². The third kappa shape index (κ3) is 6.44. The molecule has 5 nitrogen and oxygen atoms in total. The fourth-order valence-corrected chi connectivity index (χ4v) is 3.13. The van der Waals surface area contributed by atoms with Crippen molar-refractivity contribution in [3.05, 3.63) is 93.2 Å². The predicted octanol–water partition coefficient (Wildman–Crippen LogP) is 5.87. The molecule has 0 fully saturated rings. The van der Waals surface area contributed by atoms with E-state index < -0.39 is 5.91 Å². The minimum Gasteiger partial charge on any atom is -0.490 e. The van der Waals surface area contributed by atoms with Crippen molar-refractivity contribution >= 4 is 35.3 Å². The van der Waals surface area contributed by atoms with E-state index in [1.807, 2.05) is 6.92 Å². The van der Waals surface area contributed by atoms with Crippen LogP contribution in [0.1, 0.15) is 28.4 Å². The van der Waals surface area contributed by atoms with Crippen molar-refractivity contribution in [2.24, 2.45) is 5.10 Å². The first-order valence-electron chi connectivity index (χ1n) is 9.39.